The normalized spacial score (nSPS) is 10.5. The van der Waals surface area contributed by atoms with Gasteiger partial charge in [0.05, 0.1) is 0 Å². The van der Waals surface area contributed by atoms with Gasteiger partial charge in [-0.2, -0.15) is 0 Å². The van der Waals surface area contributed by atoms with Gasteiger partial charge in [-0.15, -0.1) is 10.2 Å². The van der Waals surface area contributed by atoms with Crippen LogP contribution >= 0.6 is 23.1 Å². The average Bonchev–Trinajstić information content (AvgIpc) is 3.06. The Labute approximate surface area is 160 Å². The Morgan fingerprint density at radius 2 is 1.85 bits per heavy atom. The summed E-state index contributed by atoms with van der Waals surface area (Å²) in [6.07, 6.45) is 0. The molecule has 0 aliphatic rings. The number of para-hydroxylation sites is 1. The van der Waals surface area contributed by atoms with Crippen molar-refractivity contribution in [2.75, 3.05) is 11.9 Å². The molecule has 0 bridgehead atoms. The molecule has 0 spiro atoms. The van der Waals surface area contributed by atoms with E-state index in [1.165, 1.54) is 28.0 Å². The van der Waals surface area contributed by atoms with E-state index in [1.54, 1.807) is 23.9 Å². The number of amides is 1. The van der Waals surface area contributed by atoms with E-state index in [1.807, 2.05) is 18.2 Å². The number of nitrogens with zero attached hydrogens (tertiary/aromatic N) is 2. The fourth-order valence-electron chi connectivity index (χ4n) is 2.44. The molecule has 0 atom stereocenters. The number of aryl methyl sites for hydroxylation is 2. The quantitative estimate of drug-likeness (QED) is 0.480. The molecule has 3 aromatic rings. The van der Waals surface area contributed by atoms with Crippen molar-refractivity contribution in [2.45, 2.75) is 23.9 Å². The molecule has 0 saturated carbocycles. The summed E-state index contributed by atoms with van der Waals surface area (Å²) >= 11 is 2.98. The number of aromatic nitrogens is 2. The third kappa shape index (κ3) is 5.57. The molecule has 1 N–H and O–H groups in total. The summed E-state index contributed by atoms with van der Waals surface area (Å²) in [6, 6.07) is 15.7. The van der Waals surface area contributed by atoms with Gasteiger partial charge in [-0.05, 0) is 31.5 Å². The summed E-state index contributed by atoms with van der Waals surface area (Å²) in [5.41, 5.74) is 3.76. The molecular formula is C19H19N3O2S2. The average molecular weight is 386 g/mol. The largest absolute Gasteiger partial charge is 0.484 e. The predicted octanol–water partition coefficient (Wildman–Crippen LogP) is 4.46. The highest BCUT2D eigenvalue weighted by molar-refractivity contribution is 8.00. The number of thioether (sulfide) groups is 1. The van der Waals surface area contributed by atoms with Gasteiger partial charge in [-0.25, -0.2) is 0 Å². The molecule has 1 aromatic heterocycles. The zero-order chi connectivity index (χ0) is 18.4. The lowest BCUT2D eigenvalue weighted by molar-refractivity contribution is -0.118. The van der Waals surface area contributed by atoms with E-state index < -0.39 is 0 Å². The van der Waals surface area contributed by atoms with Crippen molar-refractivity contribution >= 4 is 34.1 Å². The van der Waals surface area contributed by atoms with Crippen LogP contribution in [0.25, 0.3) is 0 Å². The van der Waals surface area contributed by atoms with E-state index in [-0.39, 0.29) is 12.5 Å². The Kier molecular flexibility index (Phi) is 6.25. The third-order valence-electron chi connectivity index (χ3n) is 3.41. The van der Waals surface area contributed by atoms with Crippen molar-refractivity contribution in [2.24, 2.45) is 0 Å². The molecule has 0 radical (unpaired) electrons. The van der Waals surface area contributed by atoms with Gasteiger partial charge in [0.25, 0.3) is 5.91 Å². The summed E-state index contributed by atoms with van der Waals surface area (Å²) in [5.74, 6) is 1.22. The van der Waals surface area contributed by atoms with Crippen molar-refractivity contribution in [1.82, 2.24) is 10.2 Å². The fourth-order valence-corrected chi connectivity index (χ4v) is 4.14. The number of carbonyl (C=O) groups is 1. The summed E-state index contributed by atoms with van der Waals surface area (Å²) in [5, 5.41) is 11.3. The Bertz CT molecular complexity index is 861. The van der Waals surface area contributed by atoms with Crippen LogP contribution in [0.4, 0.5) is 5.13 Å². The second kappa shape index (κ2) is 8.82. The van der Waals surface area contributed by atoms with Crippen molar-refractivity contribution in [1.29, 1.82) is 0 Å². The molecule has 0 unspecified atom stereocenters. The topological polar surface area (TPSA) is 64.1 Å². The Balaban J connectivity index is 1.48. The van der Waals surface area contributed by atoms with Crippen LogP contribution in [0.2, 0.25) is 0 Å². The van der Waals surface area contributed by atoms with Crippen LogP contribution in [0, 0.1) is 13.8 Å². The lowest BCUT2D eigenvalue weighted by Gasteiger charge is -2.04. The molecule has 0 aliphatic carbocycles. The monoisotopic (exact) mass is 385 g/mol. The van der Waals surface area contributed by atoms with Gasteiger partial charge >= 0.3 is 0 Å². The van der Waals surface area contributed by atoms with E-state index in [9.17, 15) is 4.79 Å². The molecule has 1 amide bonds. The van der Waals surface area contributed by atoms with Gasteiger partial charge in [0.1, 0.15) is 5.75 Å². The standard InChI is InChI=1S/C19H19N3O2S2/c1-13-8-14(2)10-15(9-13)12-25-19-22-21-18(26-19)20-17(23)11-24-16-6-4-3-5-7-16/h3-10H,11-12H2,1-2H3,(H,20,21,23). The van der Waals surface area contributed by atoms with Crippen LogP contribution in [-0.4, -0.2) is 22.7 Å². The van der Waals surface area contributed by atoms with Crippen LogP contribution < -0.4 is 10.1 Å². The Morgan fingerprint density at radius 1 is 1.12 bits per heavy atom. The highest BCUT2D eigenvalue weighted by atomic mass is 32.2. The lowest BCUT2D eigenvalue weighted by Crippen LogP contribution is -2.20. The number of ether oxygens (including phenoxy) is 1. The Morgan fingerprint density at radius 3 is 2.58 bits per heavy atom. The van der Waals surface area contributed by atoms with Gasteiger partial charge in [-0.1, -0.05) is 70.6 Å². The maximum absolute atomic E-state index is 11.9. The molecule has 0 saturated heterocycles. The number of rotatable bonds is 7. The van der Waals surface area contributed by atoms with Crippen LogP contribution in [0.1, 0.15) is 16.7 Å². The van der Waals surface area contributed by atoms with Crippen LogP contribution in [-0.2, 0) is 10.5 Å². The van der Waals surface area contributed by atoms with Gasteiger partial charge in [0.2, 0.25) is 5.13 Å². The third-order valence-corrected chi connectivity index (χ3v) is 5.45. The maximum atomic E-state index is 11.9. The van der Waals surface area contributed by atoms with E-state index in [0.717, 1.165) is 10.1 Å². The second-order valence-electron chi connectivity index (χ2n) is 5.81. The SMILES string of the molecule is Cc1cc(C)cc(CSc2nnc(NC(=O)COc3ccccc3)s2)c1. The molecular weight excluding hydrogens is 366 g/mol. The number of nitrogens with one attached hydrogen (secondary N) is 1. The fraction of sp³-hybridized carbons (Fsp3) is 0.211. The number of hydrogen-bond acceptors (Lipinski definition) is 6. The Hall–Kier alpha value is -2.38. The minimum absolute atomic E-state index is 0.0609. The van der Waals surface area contributed by atoms with Gasteiger partial charge in [-0.3, -0.25) is 10.1 Å². The second-order valence-corrected chi connectivity index (χ2v) is 8.01. The number of benzene rings is 2. The summed E-state index contributed by atoms with van der Waals surface area (Å²) in [4.78, 5) is 11.9. The molecule has 0 aliphatic heterocycles. The smallest absolute Gasteiger partial charge is 0.264 e. The van der Waals surface area contributed by atoms with Crippen LogP contribution in [0.15, 0.2) is 52.9 Å². The maximum Gasteiger partial charge on any atom is 0.264 e. The van der Waals surface area contributed by atoms with Crippen molar-refractivity contribution < 1.29 is 9.53 Å². The highest BCUT2D eigenvalue weighted by Gasteiger charge is 2.10. The van der Waals surface area contributed by atoms with E-state index >= 15 is 0 Å². The molecule has 2 aromatic carbocycles. The van der Waals surface area contributed by atoms with Crippen LogP contribution in [0.3, 0.4) is 0 Å². The van der Waals surface area contributed by atoms with E-state index in [0.29, 0.717) is 10.9 Å². The van der Waals surface area contributed by atoms with Gasteiger partial charge in [0.15, 0.2) is 10.9 Å². The van der Waals surface area contributed by atoms with Crippen LogP contribution in [0.5, 0.6) is 5.75 Å². The van der Waals surface area contributed by atoms with Crippen molar-refractivity contribution in [3.05, 3.63) is 65.2 Å². The predicted molar refractivity (Wildman–Crippen MR) is 106 cm³/mol. The first-order chi connectivity index (χ1) is 12.6. The molecule has 5 nitrogen and oxygen atoms in total. The summed E-state index contributed by atoms with van der Waals surface area (Å²) in [7, 11) is 0. The van der Waals surface area contributed by atoms with E-state index in [4.69, 9.17) is 4.74 Å². The van der Waals surface area contributed by atoms with Gasteiger partial charge in [0, 0.05) is 5.75 Å². The van der Waals surface area contributed by atoms with Crippen molar-refractivity contribution in [3.8, 4) is 5.75 Å². The minimum atomic E-state index is -0.254. The molecule has 1 heterocycles. The van der Waals surface area contributed by atoms with E-state index in [2.05, 4.69) is 47.6 Å². The van der Waals surface area contributed by atoms with Crippen molar-refractivity contribution in [3.63, 3.8) is 0 Å². The lowest BCUT2D eigenvalue weighted by atomic mass is 10.1. The first kappa shape index (κ1) is 18.4. The zero-order valence-electron chi connectivity index (χ0n) is 14.6. The number of anilines is 1. The highest BCUT2D eigenvalue weighted by Crippen LogP contribution is 2.28. The molecule has 3 rings (SSSR count). The number of carbonyl (C=O) groups excluding carboxylic acids is 1. The number of hydrogen-bond donors (Lipinski definition) is 1. The molecule has 0 fully saturated rings. The summed E-state index contributed by atoms with van der Waals surface area (Å²) in [6.45, 7) is 4.13. The molecule has 26 heavy (non-hydrogen) atoms. The molecule has 134 valence electrons. The first-order valence-corrected chi connectivity index (χ1v) is 9.90. The first-order valence-electron chi connectivity index (χ1n) is 8.10. The minimum Gasteiger partial charge on any atom is -0.484 e. The molecule has 7 heteroatoms. The summed E-state index contributed by atoms with van der Waals surface area (Å²) < 4.78 is 6.24. The van der Waals surface area contributed by atoms with Gasteiger partial charge < -0.3 is 4.74 Å². The zero-order valence-corrected chi connectivity index (χ0v) is 16.2.